The van der Waals surface area contributed by atoms with E-state index in [2.05, 4.69) is 17.9 Å². The van der Waals surface area contributed by atoms with Crippen molar-refractivity contribution < 1.29 is 14.3 Å². The van der Waals surface area contributed by atoms with E-state index in [1.165, 1.54) is 12.1 Å². The van der Waals surface area contributed by atoms with Crippen molar-refractivity contribution in [1.29, 1.82) is 5.26 Å². The van der Waals surface area contributed by atoms with E-state index in [-0.39, 0.29) is 36.2 Å². The first kappa shape index (κ1) is 19.2. The second-order valence-electron chi connectivity index (χ2n) is 7.61. The number of nitrogens with zero attached hydrogens (tertiary/aromatic N) is 2. The summed E-state index contributed by atoms with van der Waals surface area (Å²) in [5.41, 5.74) is 2.28. The van der Waals surface area contributed by atoms with Crippen molar-refractivity contribution in [3.05, 3.63) is 71.0 Å². The summed E-state index contributed by atoms with van der Waals surface area (Å²) in [6.45, 7) is -0.164. The Morgan fingerprint density at radius 2 is 1.86 bits per heavy atom. The normalized spacial score (nSPS) is 23.2. The maximum absolute atomic E-state index is 13.2. The van der Waals surface area contributed by atoms with Gasteiger partial charge in [0.15, 0.2) is 0 Å². The summed E-state index contributed by atoms with van der Waals surface area (Å²) < 4.78 is 13.2. The van der Waals surface area contributed by atoms with Gasteiger partial charge in [0.25, 0.3) is 0 Å². The molecule has 1 saturated carbocycles. The fraction of sp³-hybridized carbons (Fsp3) is 0.333. The number of benzene rings is 2. The number of nitriles is 1. The van der Waals surface area contributed by atoms with Crippen LogP contribution in [0.25, 0.3) is 0 Å². The van der Waals surface area contributed by atoms with Gasteiger partial charge in [-0.2, -0.15) is 5.26 Å². The van der Waals surface area contributed by atoms with Crippen LogP contribution in [0.15, 0.2) is 48.5 Å². The van der Waals surface area contributed by atoms with Crippen LogP contribution in [-0.2, 0) is 4.79 Å². The summed E-state index contributed by atoms with van der Waals surface area (Å²) in [7, 11) is 0. The third kappa shape index (κ3) is 3.62. The van der Waals surface area contributed by atoms with Crippen LogP contribution < -0.4 is 0 Å². The van der Waals surface area contributed by atoms with Gasteiger partial charge >= 0.3 is 0 Å². The molecule has 1 aliphatic carbocycles. The molecule has 5 heteroatoms. The number of carbonyl (C=O) groups excluding carboxylic acids is 1. The number of amides is 1. The van der Waals surface area contributed by atoms with Gasteiger partial charge < -0.3 is 10.0 Å². The monoisotopic (exact) mass is 388 g/mol. The lowest BCUT2D eigenvalue weighted by Gasteiger charge is -2.53. The lowest BCUT2D eigenvalue weighted by Crippen LogP contribution is -2.66. The lowest BCUT2D eigenvalue weighted by atomic mass is 9.73. The van der Waals surface area contributed by atoms with Gasteiger partial charge in [0.1, 0.15) is 11.9 Å². The smallest absolute Gasteiger partial charge is 0.227 e. The standard InChI is InChI=1S/C24H21FN2O2/c25-20-6-1-3-17(13-20)8-7-16-9-11-18(12-10-16)23-21(14-26)27(22(23)15-28)24(29)19-4-2-5-19/h1,3,6,9-13,19,21-23,28H,2,4-5,15H2/t21-,22-,23-/m1/s1. The number of aliphatic hydroxyl groups is 1. The van der Waals surface area contributed by atoms with Crippen molar-refractivity contribution >= 4 is 5.91 Å². The Morgan fingerprint density at radius 1 is 1.14 bits per heavy atom. The topological polar surface area (TPSA) is 64.3 Å². The molecular weight excluding hydrogens is 367 g/mol. The van der Waals surface area contributed by atoms with Gasteiger partial charge in [-0.25, -0.2) is 4.39 Å². The van der Waals surface area contributed by atoms with E-state index in [1.807, 2.05) is 24.3 Å². The Hall–Kier alpha value is -3.15. The van der Waals surface area contributed by atoms with Crippen molar-refractivity contribution in [3.8, 4) is 17.9 Å². The minimum atomic E-state index is -0.551. The van der Waals surface area contributed by atoms with Gasteiger partial charge in [0, 0.05) is 23.0 Å². The molecule has 0 bridgehead atoms. The highest BCUT2D eigenvalue weighted by Gasteiger charge is 2.53. The molecule has 2 fully saturated rings. The summed E-state index contributed by atoms with van der Waals surface area (Å²) in [5.74, 6) is 5.40. The first-order valence-electron chi connectivity index (χ1n) is 9.82. The van der Waals surface area contributed by atoms with Crippen molar-refractivity contribution in [2.45, 2.75) is 37.3 Å². The van der Waals surface area contributed by atoms with Crippen molar-refractivity contribution in [2.24, 2.45) is 5.92 Å². The first-order chi connectivity index (χ1) is 14.1. The molecule has 0 spiro atoms. The molecule has 146 valence electrons. The number of hydrogen-bond donors (Lipinski definition) is 1. The molecule has 0 unspecified atom stereocenters. The summed E-state index contributed by atoms with van der Waals surface area (Å²) in [6.07, 6.45) is 2.79. The number of aliphatic hydroxyl groups excluding tert-OH is 1. The minimum Gasteiger partial charge on any atom is -0.394 e. The van der Waals surface area contributed by atoms with Crippen LogP contribution >= 0.6 is 0 Å². The average Bonchev–Trinajstić information content (AvgIpc) is 2.66. The Labute approximate surface area is 169 Å². The Kier molecular flexibility index (Phi) is 5.34. The van der Waals surface area contributed by atoms with Gasteiger partial charge in [-0.3, -0.25) is 4.79 Å². The zero-order valence-electron chi connectivity index (χ0n) is 15.9. The summed E-state index contributed by atoms with van der Waals surface area (Å²) in [5, 5.41) is 19.5. The van der Waals surface area contributed by atoms with Crippen LogP contribution in [0.5, 0.6) is 0 Å². The Bertz CT molecular complexity index is 1010. The predicted molar refractivity (Wildman–Crippen MR) is 106 cm³/mol. The molecule has 1 N–H and O–H groups in total. The summed E-state index contributed by atoms with van der Waals surface area (Å²) >= 11 is 0. The Morgan fingerprint density at radius 3 is 2.45 bits per heavy atom. The molecule has 4 rings (SSSR count). The molecule has 2 aliphatic rings. The zero-order chi connectivity index (χ0) is 20.4. The van der Waals surface area contributed by atoms with E-state index in [0.29, 0.717) is 5.56 Å². The molecule has 1 saturated heterocycles. The molecule has 2 aromatic carbocycles. The van der Waals surface area contributed by atoms with E-state index < -0.39 is 6.04 Å². The molecule has 4 nitrogen and oxygen atoms in total. The second kappa shape index (κ2) is 8.07. The number of rotatable bonds is 3. The third-order valence-electron chi connectivity index (χ3n) is 5.91. The number of likely N-dealkylation sites (tertiary alicyclic amines) is 1. The largest absolute Gasteiger partial charge is 0.394 e. The molecular formula is C24H21FN2O2. The number of halogens is 1. The van der Waals surface area contributed by atoms with E-state index in [9.17, 15) is 19.6 Å². The van der Waals surface area contributed by atoms with E-state index >= 15 is 0 Å². The van der Waals surface area contributed by atoms with E-state index in [1.54, 1.807) is 17.0 Å². The van der Waals surface area contributed by atoms with E-state index in [4.69, 9.17) is 0 Å². The SMILES string of the molecule is N#C[C@@H]1[C@@H](c2ccc(C#Cc3cccc(F)c3)cc2)[C@@H](CO)N1C(=O)C1CCC1. The van der Waals surface area contributed by atoms with Crippen molar-refractivity contribution in [1.82, 2.24) is 4.90 Å². The number of hydrogen-bond acceptors (Lipinski definition) is 3. The second-order valence-corrected chi connectivity index (χ2v) is 7.61. The molecule has 2 aromatic rings. The zero-order valence-corrected chi connectivity index (χ0v) is 15.9. The van der Waals surface area contributed by atoms with Gasteiger partial charge in [-0.1, -0.05) is 36.5 Å². The third-order valence-corrected chi connectivity index (χ3v) is 5.91. The van der Waals surface area contributed by atoms with E-state index in [0.717, 1.165) is 30.4 Å². The molecule has 29 heavy (non-hydrogen) atoms. The molecule has 1 amide bonds. The van der Waals surface area contributed by atoms with Crippen LogP contribution in [-0.4, -0.2) is 34.6 Å². The predicted octanol–water partition coefficient (Wildman–Crippen LogP) is 3.20. The lowest BCUT2D eigenvalue weighted by molar-refractivity contribution is -0.154. The van der Waals surface area contributed by atoms with Crippen molar-refractivity contribution in [3.63, 3.8) is 0 Å². The van der Waals surface area contributed by atoms with Crippen LogP contribution in [0.4, 0.5) is 4.39 Å². The Balaban J connectivity index is 1.51. The fourth-order valence-electron chi connectivity index (χ4n) is 4.08. The van der Waals surface area contributed by atoms with Crippen LogP contribution in [0, 0.1) is 34.9 Å². The quantitative estimate of drug-likeness (QED) is 0.822. The van der Waals surface area contributed by atoms with Gasteiger partial charge in [0.05, 0.1) is 18.7 Å². The maximum atomic E-state index is 13.2. The van der Waals surface area contributed by atoms with Crippen LogP contribution in [0.3, 0.4) is 0 Å². The average molecular weight is 388 g/mol. The van der Waals surface area contributed by atoms with Gasteiger partial charge in [-0.15, -0.1) is 0 Å². The highest BCUT2D eigenvalue weighted by molar-refractivity contribution is 5.82. The minimum absolute atomic E-state index is 0.00123. The van der Waals surface area contributed by atoms with Crippen LogP contribution in [0.2, 0.25) is 0 Å². The molecule has 1 heterocycles. The van der Waals surface area contributed by atoms with Gasteiger partial charge in [-0.05, 0) is 48.7 Å². The van der Waals surface area contributed by atoms with Crippen LogP contribution in [0.1, 0.15) is 41.9 Å². The fourth-order valence-corrected chi connectivity index (χ4v) is 4.08. The summed E-state index contributed by atoms with van der Waals surface area (Å²) in [6, 6.07) is 14.9. The van der Waals surface area contributed by atoms with Gasteiger partial charge in [0.2, 0.25) is 5.91 Å². The summed E-state index contributed by atoms with van der Waals surface area (Å²) in [4.78, 5) is 14.2. The molecule has 0 aromatic heterocycles. The highest BCUT2D eigenvalue weighted by Crippen LogP contribution is 2.43. The molecule has 0 radical (unpaired) electrons. The first-order valence-corrected chi connectivity index (χ1v) is 9.82. The maximum Gasteiger partial charge on any atom is 0.227 e. The molecule has 1 aliphatic heterocycles. The number of carbonyl (C=O) groups is 1. The van der Waals surface area contributed by atoms with Crippen molar-refractivity contribution in [2.75, 3.05) is 6.61 Å². The molecule has 3 atom stereocenters. The highest BCUT2D eigenvalue weighted by atomic mass is 19.1.